The summed E-state index contributed by atoms with van der Waals surface area (Å²) in [5, 5.41) is 5.02. The molecule has 0 spiro atoms. The minimum Gasteiger partial charge on any atom is -0.352 e. The van der Waals surface area contributed by atoms with Gasteiger partial charge in [0.2, 0.25) is 5.91 Å². The lowest BCUT2D eigenvalue weighted by Crippen LogP contribution is -2.22. The molecule has 2 aromatic rings. The lowest BCUT2D eigenvalue weighted by molar-refractivity contribution is -0.121. The highest BCUT2D eigenvalue weighted by Gasteiger charge is 2.03. The molecule has 2 rings (SSSR count). The highest BCUT2D eigenvalue weighted by molar-refractivity contribution is 7.09. The number of carbonyl (C=O) groups excluding carboxylic acids is 1. The van der Waals surface area contributed by atoms with Crippen molar-refractivity contribution < 1.29 is 4.79 Å². The zero-order chi connectivity index (χ0) is 14.2. The number of amides is 1. The lowest BCUT2D eigenvalue weighted by atomic mass is 10.1. The van der Waals surface area contributed by atoms with Gasteiger partial charge in [-0.05, 0) is 35.4 Å². The normalized spacial score (nSPS) is 10.4. The van der Waals surface area contributed by atoms with Gasteiger partial charge < -0.3 is 5.32 Å². The molecule has 0 saturated carbocycles. The van der Waals surface area contributed by atoms with Crippen molar-refractivity contribution in [3.05, 3.63) is 57.8 Å². The van der Waals surface area contributed by atoms with Crippen molar-refractivity contribution in [1.82, 2.24) is 5.32 Å². The molecule has 106 valence electrons. The van der Waals surface area contributed by atoms with Gasteiger partial charge in [-0.1, -0.05) is 30.3 Å². The first-order valence-corrected chi connectivity index (χ1v) is 8.12. The van der Waals surface area contributed by atoms with Crippen LogP contribution in [0.5, 0.6) is 0 Å². The summed E-state index contributed by atoms with van der Waals surface area (Å²) in [6, 6.07) is 12.1. The molecule has 1 heterocycles. The van der Waals surface area contributed by atoms with Crippen molar-refractivity contribution in [1.29, 1.82) is 0 Å². The maximum atomic E-state index is 11.8. The van der Waals surface area contributed by atoms with Crippen LogP contribution < -0.4 is 5.32 Å². The summed E-state index contributed by atoms with van der Waals surface area (Å²) in [5.41, 5.74) is 2.17. The highest BCUT2D eigenvalue weighted by atomic mass is 35.5. The summed E-state index contributed by atoms with van der Waals surface area (Å²) in [7, 11) is 0. The molecule has 0 aliphatic rings. The second-order valence-corrected chi connectivity index (χ2v) is 5.96. The summed E-state index contributed by atoms with van der Waals surface area (Å²) in [4.78, 5) is 13.1. The van der Waals surface area contributed by atoms with Crippen LogP contribution >= 0.6 is 22.9 Å². The Kier molecular flexibility index (Phi) is 6.09. The molecule has 0 fully saturated rings. The number of aryl methyl sites for hydroxylation is 1. The molecule has 0 aliphatic heterocycles. The number of carbonyl (C=O) groups is 1. The van der Waals surface area contributed by atoms with Gasteiger partial charge in [-0.3, -0.25) is 4.79 Å². The predicted octanol–water partition coefficient (Wildman–Crippen LogP) is 4.13. The average molecular weight is 308 g/mol. The van der Waals surface area contributed by atoms with Gasteiger partial charge in [-0.15, -0.1) is 22.9 Å². The van der Waals surface area contributed by atoms with Crippen LogP contribution in [0.1, 0.15) is 28.8 Å². The lowest BCUT2D eigenvalue weighted by Gasteiger charge is -2.06. The van der Waals surface area contributed by atoms with Crippen molar-refractivity contribution in [2.75, 3.05) is 0 Å². The van der Waals surface area contributed by atoms with E-state index >= 15 is 0 Å². The van der Waals surface area contributed by atoms with Gasteiger partial charge in [0, 0.05) is 23.7 Å². The standard InChI is InChI=1S/C16H18ClNOS/c17-11-13-4-1-5-14(10-13)12-18-16(19)8-2-6-15-7-3-9-20-15/h1,3-5,7,9-10H,2,6,8,11-12H2,(H,18,19). The Bertz CT molecular complexity index is 539. The Morgan fingerprint density at radius 3 is 2.80 bits per heavy atom. The fraction of sp³-hybridized carbons (Fsp3) is 0.312. The summed E-state index contributed by atoms with van der Waals surface area (Å²) in [5.74, 6) is 0.612. The maximum Gasteiger partial charge on any atom is 0.220 e. The van der Waals surface area contributed by atoms with E-state index in [2.05, 4.69) is 16.8 Å². The van der Waals surface area contributed by atoms with Crippen molar-refractivity contribution in [3.8, 4) is 0 Å². The minimum atomic E-state index is 0.109. The first kappa shape index (κ1) is 15.1. The fourth-order valence-electron chi connectivity index (χ4n) is 1.99. The van der Waals surface area contributed by atoms with E-state index in [1.807, 2.05) is 30.3 Å². The zero-order valence-corrected chi connectivity index (χ0v) is 12.8. The number of hydrogen-bond donors (Lipinski definition) is 1. The van der Waals surface area contributed by atoms with Crippen molar-refractivity contribution in [2.45, 2.75) is 31.7 Å². The average Bonchev–Trinajstić information content (AvgIpc) is 2.98. The third-order valence-electron chi connectivity index (χ3n) is 3.04. The van der Waals surface area contributed by atoms with E-state index in [1.54, 1.807) is 11.3 Å². The molecule has 1 aromatic carbocycles. The number of alkyl halides is 1. The molecular weight excluding hydrogens is 290 g/mol. The monoisotopic (exact) mass is 307 g/mol. The van der Waals surface area contributed by atoms with Crippen LogP contribution in [0.2, 0.25) is 0 Å². The largest absolute Gasteiger partial charge is 0.352 e. The fourth-order valence-corrected chi connectivity index (χ4v) is 2.91. The Morgan fingerprint density at radius 1 is 1.20 bits per heavy atom. The topological polar surface area (TPSA) is 29.1 Å². The van der Waals surface area contributed by atoms with Crippen molar-refractivity contribution >= 4 is 28.8 Å². The molecular formula is C16H18ClNOS. The molecule has 1 aromatic heterocycles. The Morgan fingerprint density at radius 2 is 2.05 bits per heavy atom. The van der Waals surface area contributed by atoms with Crippen LogP contribution in [-0.4, -0.2) is 5.91 Å². The molecule has 1 amide bonds. The van der Waals surface area contributed by atoms with Crippen LogP contribution in [0.4, 0.5) is 0 Å². The van der Waals surface area contributed by atoms with Crippen molar-refractivity contribution in [2.24, 2.45) is 0 Å². The molecule has 2 nitrogen and oxygen atoms in total. The van der Waals surface area contributed by atoms with Gasteiger partial charge in [0.05, 0.1) is 0 Å². The molecule has 20 heavy (non-hydrogen) atoms. The number of nitrogens with one attached hydrogen (secondary N) is 1. The van der Waals surface area contributed by atoms with Crippen LogP contribution in [-0.2, 0) is 23.6 Å². The number of rotatable bonds is 7. The number of halogens is 1. The maximum absolute atomic E-state index is 11.8. The summed E-state index contributed by atoms with van der Waals surface area (Å²) in [6.45, 7) is 0.572. The molecule has 0 bridgehead atoms. The van der Waals surface area contributed by atoms with E-state index in [9.17, 15) is 4.79 Å². The van der Waals surface area contributed by atoms with Gasteiger partial charge in [-0.25, -0.2) is 0 Å². The first-order valence-electron chi connectivity index (χ1n) is 6.71. The van der Waals surface area contributed by atoms with Gasteiger partial charge in [0.15, 0.2) is 0 Å². The number of thiophene rings is 1. The SMILES string of the molecule is O=C(CCCc1cccs1)NCc1cccc(CCl)c1. The zero-order valence-electron chi connectivity index (χ0n) is 11.3. The third kappa shape index (κ3) is 4.99. The van der Waals surface area contributed by atoms with Crippen molar-refractivity contribution in [3.63, 3.8) is 0 Å². The second kappa shape index (κ2) is 8.08. The Balaban J connectivity index is 1.69. The molecule has 0 aliphatic carbocycles. The second-order valence-electron chi connectivity index (χ2n) is 4.66. The summed E-state index contributed by atoms with van der Waals surface area (Å²) < 4.78 is 0. The minimum absolute atomic E-state index is 0.109. The van der Waals surface area contributed by atoms with Gasteiger partial charge >= 0.3 is 0 Å². The molecule has 0 unspecified atom stereocenters. The quantitative estimate of drug-likeness (QED) is 0.766. The van der Waals surface area contributed by atoms with Crippen LogP contribution in [0.3, 0.4) is 0 Å². The molecule has 0 radical (unpaired) electrons. The van der Waals surface area contributed by atoms with Gasteiger partial charge in [0.1, 0.15) is 0 Å². The van der Waals surface area contributed by atoms with E-state index < -0.39 is 0 Å². The number of benzene rings is 1. The van der Waals surface area contributed by atoms with E-state index in [0.29, 0.717) is 18.8 Å². The van der Waals surface area contributed by atoms with E-state index in [4.69, 9.17) is 11.6 Å². The molecule has 0 saturated heterocycles. The van der Waals surface area contributed by atoms with E-state index in [1.165, 1.54) is 4.88 Å². The first-order chi connectivity index (χ1) is 9.78. The summed E-state index contributed by atoms with van der Waals surface area (Å²) >= 11 is 7.54. The Labute approximate surface area is 128 Å². The Hall–Kier alpha value is -1.32. The molecule has 4 heteroatoms. The van der Waals surface area contributed by atoms with Gasteiger partial charge in [0.25, 0.3) is 0 Å². The van der Waals surface area contributed by atoms with E-state index in [-0.39, 0.29) is 5.91 Å². The summed E-state index contributed by atoms with van der Waals surface area (Å²) in [6.07, 6.45) is 2.45. The smallest absolute Gasteiger partial charge is 0.220 e. The van der Waals surface area contributed by atoms with Crippen LogP contribution in [0.25, 0.3) is 0 Å². The highest BCUT2D eigenvalue weighted by Crippen LogP contribution is 2.12. The molecule has 1 N–H and O–H groups in total. The van der Waals surface area contributed by atoms with Crippen LogP contribution in [0, 0.1) is 0 Å². The predicted molar refractivity (Wildman–Crippen MR) is 85.1 cm³/mol. The third-order valence-corrected chi connectivity index (χ3v) is 4.29. The number of hydrogen-bond acceptors (Lipinski definition) is 2. The van der Waals surface area contributed by atoms with E-state index in [0.717, 1.165) is 24.0 Å². The van der Waals surface area contributed by atoms with Crippen LogP contribution in [0.15, 0.2) is 41.8 Å². The van der Waals surface area contributed by atoms with Gasteiger partial charge in [-0.2, -0.15) is 0 Å². The molecule has 0 atom stereocenters.